The Morgan fingerprint density at radius 2 is 1.83 bits per heavy atom. The third kappa shape index (κ3) is 4.10. The van der Waals surface area contributed by atoms with E-state index in [1.165, 1.54) is 5.56 Å². The fourth-order valence-electron chi connectivity index (χ4n) is 1.97. The Kier molecular flexibility index (Phi) is 4.69. The van der Waals surface area contributed by atoms with Gasteiger partial charge in [0.25, 0.3) is 0 Å². The molecule has 1 aliphatic rings. The topological polar surface area (TPSA) is 61.6 Å². The number of amides is 1. The Morgan fingerprint density at radius 3 is 2.50 bits per heavy atom. The van der Waals surface area contributed by atoms with E-state index >= 15 is 0 Å². The molecule has 0 aromatic heterocycles. The minimum atomic E-state index is 0.0734. The van der Waals surface area contributed by atoms with Crippen LogP contribution in [0, 0.1) is 0 Å². The number of hydrazine groups is 2. The number of benzene rings is 1. The number of hydrogen-bond donors (Lipinski definition) is 2. The highest BCUT2D eigenvalue weighted by molar-refractivity contribution is 5.75. The Balaban J connectivity index is 1.69. The first-order valence-corrected chi connectivity index (χ1v) is 6.32. The quantitative estimate of drug-likeness (QED) is 0.744. The van der Waals surface area contributed by atoms with Crippen LogP contribution in [0.5, 0.6) is 0 Å². The summed E-state index contributed by atoms with van der Waals surface area (Å²) in [6, 6.07) is 10.1. The summed E-state index contributed by atoms with van der Waals surface area (Å²) in [5.74, 6) is 5.73. The van der Waals surface area contributed by atoms with Crippen molar-refractivity contribution in [2.75, 3.05) is 26.2 Å². The molecule has 0 spiro atoms. The van der Waals surface area contributed by atoms with Gasteiger partial charge in [-0.1, -0.05) is 30.3 Å². The second kappa shape index (κ2) is 6.49. The van der Waals surface area contributed by atoms with E-state index in [-0.39, 0.29) is 5.91 Å². The smallest absolute Gasteiger partial charge is 0.234 e. The molecule has 0 bridgehead atoms. The highest BCUT2D eigenvalue weighted by atomic mass is 16.2. The highest BCUT2D eigenvalue weighted by Crippen LogP contribution is 2.02. The maximum atomic E-state index is 11.8. The van der Waals surface area contributed by atoms with Gasteiger partial charge < -0.3 is 0 Å². The van der Waals surface area contributed by atoms with Crippen molar-refractivity contribution in [1.82, 2.24) is 15.4 Å². The lowest BCUT2D eigenvalue weighted by atomic mass is 10.1. The summed E-state index contributed by atoms with van der Waals surface area (Å²) in [6.45, 7) is 3.15. The second-order valence-electron chi connectivity index (χ2n) is 4.54. The van der Waals surface area contributed by atoms with Crippen molar-refractivity contribution in [3.05, 3.63) is 35.9 Å². The summed E-state index contributed by atoms with van der Waals surface area (Å²) in [4.78, 5) is 11.8. The van der Waals surface area contributed by atoms with E-state index in [9.17, 15) is 4.79 Å². The van der Waals surface area contributed by atoms with E-state index in [1.807, 2.05) is 35.3 Å². The average molecular weight is 248 g/mol. The number of aryl methyl sites for hydroxylation is 1. The predicted octanol–water partition coefficient (Wildman–Crippen LogP) is 0.142. The molecule has 98 valence electrons. The van der Waals surface area contributed by atoms with Crippen molar-refractivity contribution >= 4 is 5.91 Å². The number of nitrogens with two attached hydrogens (primary N) is 1. The van der Waals surface area contributed by atoms with Crippen LogP contribution in [0.1, 0.15) is 12.0 Å². The Bertz CT molecular complexity index is 374. The zero-order valence-corrected chi connectivity index (χ0v) is 10.5. The number of hydrogen-bond acceptors (Lipinski definition) is 4. The average Bonchev–Trinajstić information content (AvgIpc) is 2.40. The molecule has 18 heavy (non-hydrogen) atoms. The molecular formula is C13H20N4O. The van der Waals surface area contributed by atoms with Gasteiger partial charge in [0, 0.05) is 32.6 Å². The van der Waals surface area contributed by atoms with E-state index in [2.05, 4.69) is 5.43 Å². The molecule has 0 aliphatic carbocycles. The van der Waals surface area contributed by atoms with Crippen molar-refractivity contribution < 1.29 is 4.79 Å². The van der Waals surface area contributed by atoms with Crippen LogP contribution in [-0.4, -0.2) is 42.1 Å². The molecule has 0 saturated carbocycles. The Morgan fingerprint density at radius 1 is 1.17 bits per heavy atom. The van der Waals surface area contributed by atoms with Crippen LogP contribution in [0.3, 0.4) is 0 Å². The molecule has 1 heterocycles. The summed E-state index contributed by atoms with van der Waals surface area (Å²) >= 11 is 0. The van der Waals surface area contributed by atoms with Crippen LogP contribution < -0.4 is 11.3 Å². The van der Waals surface area contributed by atoms with Crippen molar-refractivity contribution in [1.29, 1.82) is 0 Å². The zero-order valence-electron chi connectivity index (χ0n) is 10.5. The van der Waals surface area contributed by atoms with Crippen LogP contribution >= 0.6 is 0 Å². The molecule has 3 N–H and O–H groups in total. The van der Waals surface area contributed by atoms with Gasteiger partial charge in [-0.25, -0.2) is 10.0 Å². The summed E-state index contributed by atoms with van der Waals surface area (Å²) in [5.41, 5.74) is 4.12. The van der Waals surface area contributed by atoms with Gasteiger partial charge in [0.1, 0.15) is 0 Å². The Hall–Kier alpha value is -1.43. The van der Waals surface area contributed by atoms with E-state index in [0.717, 1.165) is 32.6 Å². The van der Waals surface area contributed by atoms with Gasteiger partial charge in [-0.15, -0.1) is 0 Å². The summed E-state index contributed by atoms with van der Waals surface area (Å²) in [7, 11) is 0. The molecule has 0 unspecified atom stereocenters. The fraction of sp³-hybridized carbons (Fsp3) is 0.462. The van der Waals surface area contributed by atoms with Crippen molar-refractivity contribution in [2.24, 2.45) is 5.84 Å². The molecule has 1 aromatic carbocycles. The first-order chi connectivity index (χ1) is 8.74. The molecule has 2 rings (SSSR count). The number of carbonyl (C=O) groups excluding carboxylic acids is 1. The summed E-state index contributed by atoms with van der Waals surface area (Å²) in [5, 5.41) is 3.71. The van der Waals surface area contributed by atoms with Crippen LogP contribution in [0.2, 0.25) is 0 Å². The van der Waals surface area contributed by atoms with Crippen LogP contribution in [0.4, 0.5) is 0 Å². The van der Waals surface area contributed by atoms with Crippen molar-refractivity contribution in [2.45, 2.75) is 12.8 Å². The van der Waals surface area contributed by atoms with Gasteiger partial charge in [0.05, 0.1) is 0 Å². The molecule has 1 aliphatic heterocycles. The lowest BCUT2D eigenvalue weighted by Gasteiger charge is -2.31. The molecule has 1 amide bonds. The van der Waals surface area contributed by atoms with E-state index < -0.39 is 0 Å². The number of nitrogens with one attached hydrogen (secondary N) is 1. The van der Waals surface area contributed by atoms with Gasteiger partial charge in [-0.05, 0) is 12.0 Å². The van der Waals surface area contributed by atoms with Gasteiger partial charge in [-0.3, -0.25) is 16.1 Å². The van der Waals surface area contributed by atoms with Crippen molar-refractivity contribution in [3.8, 4) is 0 Å². The lowest BCUT2D eigenvalue weighted by Crippen LogP contribution is -2.55. The minimum Gasteiger partial charge on any atom is -0.289 e. The van der Waals surface area contributed by atoms with Gasteiger partial charge in [0.15, 0.2) is 0 Å². The molecule has 0 radical (unpaired) electrons. The Labute approximate surface area is 107 Å². The van der Waals surface area contributed by atoms with Crippen LogP contribution in [-0.2, 0) is 11.2 Å². The van der Waals surface area contributed by atoms with E-state index in [0.29, 0.717) is 6.42 Å². The SMILES string of the molecule is NN1CCN(NC(=O)CCc2ccccc2)CC1. The maximum absolute atomic E-state index is 11.8. The van der Waals surface area contributed by atoms with Gasteiger partial charge in [-0.2, -0.15) is 0 Å². The molecular weight excluding hydrogens is 228 g/mol. The number of nitrogens with zero attached hydrogens (tertiary/aromatic N) is 2. The first-order valence-electron chi connectivity index (χ1n) is 6.32. The van der Waals surface area contributed by atoms with Crippen LogP contribution in [0.25, 0.3) is 0 Å². The van der Waals surface area contributed by atoms with Crippen molar-refractivity contribution in [3.63, 3.8) is 0 Å². The van der Waals surface area contributed by atoms with Gasteiger partial charge in [0.2, 0.25) is 5.91 Å². The molecule has 1 fully saturated rings. The highest BCUT2D eigenvalue weighted by Gasteiger charge is 2.15. The summed E-state index contributed by atoms with van der Waals surface area (Å²) in [6.07, 6.45) is 1.30. The maximum Gasteiger partial charge on any atom is 0.234 e. The van der Waals surface area contributed by atoms with Gasteiger partial charge >= 0.3 is 0 Å². The third-order valence-electron chi connectivity index (χ3n) is 3.08. The largest absolute Gasteiger partial charge is 0.289 e. The molecule has 0 atom stereocenters. The predicted molar refractivity (Wildman–Crippen MR) is 70.2 cm³/mol. The zero-order chi connectivity index (χ0) is 12.8. The number of piperazine rings is 1. The number of carbonyl (C=O) groups is 1. The standard InChI is InChI=1S/C13H20N4O/c14-16-8-10-17(11-9-16)15-13(18)7-6-12-4-2-1-3-5-12/h1-5H,6-11,14H2,(H,15,18). The monoisotopic (exact) mass is 248 g/mol. The first kappa shape index (κ1) is 13.0. The second-order valence-corrected chi connectivity index (χ2v) is 4.54. The number of rotatable bonds is 4. The van der Waals surface area contributed by atoms with E-state index in [1.54, 1.807) is 5.01 Å². The normalized spacial score (nSPS) is 17.6. The van der Waals surface area contributed by atoms with Crippen LogP contribution in [0.15, 0.2) is 30.3 Å². The molecule has 1 aromatic rings. The molecule has 5 heteroatoms. The lowest BCUT2D eigenvalue weighted by molar-refractivity contribution is -0.126. The molecule has 5 nitrogen and oxygen atoms in total. The third-order valence-corrected chi connectivity index (χ3v) is 3.08. The van der Waals surface area contributed by atoms with E-state index in [4.69, 9.17) is 5.84 Å². The fourth-order valence-corrected chi connectivity index (χ4v) is 1.97. The molecule has 1 saturated heterocycles. The summed E-state index contributed by atoms with van der Waals surface area (Å²) < 4.78 is 0. The minimum absolute atomic E-state index is 0.0734.